The molecule has 2 N–H and O–H groups in total. The Kier molecular flexibility index (Phi) is 6.38. The van der Waals surface area contributed by atoms with Gasteiger partial charge in [0, 0.05) is 20.1 Å². The number of halogens is 2. The Balaban J connectivity index is 1.52. The van der Waals surface area contributed by atoms with Crippen LogP contribution in [0.25, 0.3) is 10.3 Å². The third-order valence-electron chi connectivity index (χ3n) is 5.20. The summed E-state index contributed by atoms with van der Waals surface area (Å²) in [4.78, 5) is 47.9. The van der Waals surface area contributed by atoms with Crippen molar-refractivity contribution in [3.05, 3.63) is 45.7 Å². The van der Waals surface area contributed by atoms with E-state index in [1.54, 1.807) is 7.05 Å². The Hall–Kier alpha value is -3.05. The second-order valence-electron chi connectivity index (χ2n) is 7.40. The minimum Gasteiger partial charge on any atom is -0.359 e. The predicted molar refractivity (Wildman–Crippen MR) is 121 cm³/mol. The maximum Gasteiger partial charge on any atom is 0.273 e. The van der Waals surface area contributed by atoms with Gasteiger partial charge in [-0.1, -0.05) is 22.9 Å². The summed E-state index contributed by atoms with van der Waals surface area (Å²) in [6.07, 6.45) is 2.92. The number of nitrogens with one attached hydrogen (secondary N) is 2. The van der Waals surface area contributed by atoms with E-state index in [0.29, 0.717) is 22.0 Å². The van der Waals surface area contributed by atoms with Gasteiger partial charge in [0.05, 0.1) is 16.6 Å². The SMILES string of the molecule is CNC(=O)[C@@H]1CCCN(c2nc3ncn(CC(=O)Nc4ccc(F)cc4Cl)c(=O)c3s2)C1. The van der Waals surface area contributed by atoms with Gasteiger partial charge in [-0.05, 0) is 31.0 Å². The maximum atomic E-state index is 13.2. The molecular weight excluding hydrogens is 459 g/mol. The highest BCUT2D eigenvalue weighted by atomic mass is 35.5. The first-order valence-corrected chi connectivity index (χ1v) is 11.1. The summed E-state index contributed by atoms with van der Waals surface area (Å²) in [6, 6.07) is 3.61. The molecule has 0 bridgehead atoms. The number of thiazole rings is 1. The molecule has 0 saturated carbocycles. The van der Waals surface area contributed by atoms with Crippen molar-refractivity contribution >= 4 is 55.9 Å². The highest BCUT2D eigenvalue weighted by Gasteiger charge is 2.27. The number of benzene rings is 1. The van der Waals surface area contributed by atoms with E-state index in [-0.39, 0.29) is 34.6 Å². The second-order valence-corrected chi connectivity index (χ2v) is 8.78. The van der Waals surface area contributed by atoms with Gasteiger partial charge in [-0.15, -0.1) is 0 Å². The maximum absolute atomic E-state index is 13.2. The zero-order valence-corrected chi connectivity index (χ0v) is 18.7. The number of hydrogen-bond acceptors (Lipinski definition) is 7. The molecule has 1 atom stereocenters. The van der Waals surface area contributed by atoms with E-state index in [0.717, 1.165) is 25.5 Å². The third kappa shape index (κ3) is 4.58. The average molecular weight is 479 g/mol. The van der Waals surface area contributed by atoms with Crippen molar-refractivity contribution in [2.24, 2.45) is 5.92 Å². The number of anilines is 2. The molecule has 3 aromatic rings. The topological polar surface area (TPSA) is 109 Å². The van der Waals surface area contributed by atoms with Crippen LogP contribution in [0.5, 0.6) is 0 Å². The minimum atomic E-state index is -0.518. The third-order valence-corrected chi connectivity index (χ3v) is 6.61. The normalized spacial score (nSPS) is 16.2. The molecule has 1 aliphatic rings. The van der Waals surface area contributed by atoms with Crippen LogP contribution in [-0.4, -0.2) is 46.5 Å². The Morgan fingerprint density at radius 3 is 2.94 bits per heavy atom. The standard InChI is InChI=1S/C20H20ClFN6O3S/c1-23-18(30)11-3-2-6-27(8-11)20-26-17-16(32-20)19(31)28(10-24-17)9-15(29)25-14-5-4-12(22)7-13(14)21/h4-5,7,10-11H,2-3,6,8-9H2,1H3,(H,23,30)(H,25,29)/t11-/m1/s1. The van der Waals surface area contributed by atoms with Crippen LogP contribution in [0, 0.1) is 11.7 Å². The van der Waals surface area contributed by atoms with Crippen LogP contribution < -0.4 is 21.1 Å². The van der Waals surface area contributed by atoms with Crippen LogP contribution >= 0.6 is 22.9 Å². The summed E-state index contributed by atoms with van der Waals surface area (Å²) >= 11 is 7.12. The number of amides is 2. The van der Waals surface area contributed by atoms with Gasteiger partial charge in [0.1, 0.15) is 23.4 Å². The lowest BCUT2D eigenvalue weighted by Crippen LogP contribution is -2.42. The van der Waals surface area contributed by atoms with Crippen molar-refractivity contribution in [2.45, 2.75) is 19.4 Å². The van der Waals surface area contributed by atoms with Gasteiger partial charge in [0.2, 0.25) is 11.8 Å². The van der Waals surface area contributed by atoms with Crippen molar-refractivity contribution < 1.29 is 14.0 Å². The smallest absolute Gasteiger partial charge is 0.273 e. The van der Waals surface area contributed by atoms with E-state index in [4.69, 9.17) is 11.6 Å². The Bertz CT molecular complexity index is 1250. The number of fused-ring (bicyclic) bond motifs is 1. The summed E-state index contributed by atoms with van der Waals surface area (Å²) < 4.78 is 14.7. The first kappa shape index (κ1) is 22.2. The van der Waals surface area contributed by atoms with E-state index in [9.17, 15) is 18.8 Å². The summed E-state index contributed by atoms with van der Waals surface area (Å²) in [5, 5.41) is 5.92. The van der Waals surface area contributed by atoms with Crippen LogP contribution in [0.4, 0.5) is 15.2 Å². The lowest BCUT2D eigenvalue weighted by molar-refractivity contribution is -0.124. The van der Waals surface area contributed by atoms with Crippen molar-refractivity contribution in [1.29, 1.82) is 0 Å². The fraction of sp³-hybridized carbons (Fsp3) is 0.350. The molecule has 32 heavy (non-hydrogen) atoms. The number of rotatable bonds is 5. The molecule has 1 saturated heterocycles. The molecule has 3 heterocycles. The molecule has 4 rings (SSSR count). The molecule has 2 aromatic heterocycles. The van der Waals surface area contributed by atoms with E-state index < -0.39 is 11.7 Å². The zero-order valence-electron chi connectivity index (χ0n) is 17.1. The fourth-order valence-electron chi connectivity index (χ4n) is 3.59. The first-order chi connectivity index (χ1) is 15.4. The number of piperidine rings is 1. The van der Waals surface area contributed by atoms with Crippen molar-refractivity contribution in [3.8, 4) is 0 Å². The molecule has 0 aliphatic carbocycles. The lowest BCUT2D eigenvalue weighted by atomic mass is 9.98. The minimum absolute atomic E-state index is 0.0106. The van der Waals surface area contributed by atoms with Gasteiger partial charge in [0.15, 0.2) is 10.8 Å². The Morgan fingerprint density at radius 1 is 1.38 bits per heavy atom. The molecule has 0 spiro atoms. The number of hydrogen-bond donors (Lipinski definition) is 2. The molecule has 12 heteroatoms. The zero-order chi connectivity index (χ0) is 22.8. The highest BCUT2D eigenvalue weighted by Crippen LogP contribution is 2.29. The Morgan fingerprint density at radius 2 is 2.19 bits per heavy atom. The average Bonchev–Trinajstić information content (AvgIpc) is 3.22. The van der Waals surface area contributed by atoms with Gasteiger partial charge in [0.25, 0.3) is 5.56 Å². The second kappa shape index (κ2) is 9.21. The van der Waals surface area contributed by atoms with Crippen molar-refractivity contribution in [2.75, 3.05) is 30.4 Å². The summed E-state index contributed by atoms with van der Waals surface area (Å²) in [5.41, 5.74) is 0.158. The molecule has 2 amide bonds. The summed E-state index contributed by atoms with van der Waals surface area (Å²) in [7, 11) is 1.62. The van der Waals surface area contributed by atoms with Crippen LogP contribution in [-0.2, 0) is 16.1 Å². The van der Waals surface area contributed by atoms with Gasteiger partial charge in [-0.25, -0.2) is 9.37 Å². The van der Waals surface area contributed by atoms with Gasteiger partial charge >= 0.3 is 0 Å². The van der Waals surface area contributed by atoms with Crippen LogP contribution in [0.15, 0.2) is 29.3 Å². The van der Waals surface area contributed by atoms with Gasteiger partial charge < -0.3 is 15.5 Å². The van der Waals surface area contributed by atoms with Crippen molar-refractivity contribution in [3.63, 3.8) is 0 Å². The molecule has 1 aliphatic heterocycles. The van der Waals surface area contributed by atoms with E-state index in [1.165, 1.54) is 34.4 Å². The first-order valence-electron chi connectivity index (χ1n) is 9.93. The van der Waals surface area contributed by atoms with Gasteiger partial charge in [-0.2, -0.15) is 4.98 Å². The molecule has 0 radical (unpaired) electrons. The number of carbonyl (C=O) groups is 2. The van der Waals surface area contributed by atoms with Crippen LogP contribution in [0.3, 0.4) is 0 Å². The highest BCUT2D eigenvalue weighted by molar-refractivity contribution is 7.22. The molecule has 0 unspecified atom stereocenters. The number of aromatic nitrogens is 3. The van der Waals surface area contributed by atoms with E-state index >= 15 is 0 Å². The number of nitrogens with zero attached hydrogens (tertiary/aromatic N) is 4. The predicted octanol–water partition coefficient (Wildman–Crippen LogP) is 2.25. The lowest BCUT2D eigenvalue weighted by Gasteiger charge is -2.31. The molecule has 168 valence electrons. The van der Waals surface area contributed by atoms with Crippen LogP contribution in [0.2, 0.25) is 5.02 Å². The molecule has 1 aromatic carbocycles. The summed E-state index contributed by atoms with van der Waals surface area (Å²) in [6.45, 7) is 0.974. The largest absolute Gasteiger partial charge is 0.359 e. The van der Waals surface area contributed by atoms with Crippen molar-refractivity contribution in [1.82, 2.24) is 19.9 Å². The van der Waals surface area contributed by atoms with E-state index in [1.807, 2.05) is 4.90 Å². The fourth-order valence-corrected chi connectivity index (χ4v) is 4.81. The number of carbonyl (C=O) groups excluding carboxylic acids is 2. The van der Waals surface area contributed by atoms with Crippen LogP contribution in [0.1, 0.15) is 12.8 Å². The quantitative estimate of drug-likeness (QED) is 0.582. The monoisotopic (exact) mass is 478 g/mol. The summed E-state index contributed by atoms with van der Waals surface area (Å²) in [5.74, 6) is -1.16. The molecule has 1 fully saturated rings. The molecule has 9 nitrogen and oxygen atoms in total. The Labute approximate surface area is 191 Å². The van der Waals surface area contributed by atoms with Gasteiger partial charge in [-0.3, -0.25) is 19.0 Å². The van der Waals surface area contributed by atoms with E-state index in [2.05, 4.69) is 20.6 Å². The molecular formula is C20H20ClFN6O3S.